The summed E-state index contributed by atoms with van der Waals surface area (Å²) in [5, 5.41) is 4.65. The zero-order valence-corrected chi connectivity index (χ0v) is 20.0. The highest BCUT2D eigenvalue weighted by Gasteiger charge is 2.25. The minimum Gasteiger partial charge on any atom is -0.494 e. The lowest BCUT2D eigenvalue weighted by molar-refractivity contribution is 0.0976. The van der Waals surface area contributed by atoms with Gasteiger partial charge in [-0.2, -0.15) is 0 Å². The fourth-order valence-corrected chi connectivity index (χ4v) is 4.29. The van der Waals surface area contributed by atoms with Crippen LogP contribution < -0.4 is 9.64 Å². The molecule has 168 valence electrons. The first-order valence-corrected chi connectivity index (χ1v) is 10.7. The summed E-state index contributed by atoms with van der Waals surface area (Å²) in [4.78, 5) is 21.9. The van der Waals surface area contributed by atoms with Crippen LogP contribution in [0.2, 0.25) is 0 Å². The zero-order chi connectivity index (χ0) is 22.0. The van der Waals surface area contributed by atoms with E-state index in [4.69, 9.17) is 14.2 Å². The van der Waals surface area contributed by atoms with Gasteiger partial charge in [-0.05, 0) is 32.6 Å². The first-order valence-electron chi connectivity index (χ1n) is 9.91. The molecule has 0 aliphatic carbocycles. The maximum Gasteiger partial charge on any atom is 0.282 e. The van der Waals surface area contributed by atoms with Gasteiger partial charge in [0.05, 0.1) is 11.8 Å². The summed E-state index contributed by atoms with van der Waals surface area (Å²) in [6.07, 6.45) is 0. The highest BCUT2D eigenvalue weighted by Crippen LogP contribution is 2.37. The number of nitrogens with zero attached hydrogens (tertiary/aromatic N) is 4. The van der Waals surface area contributed by atoms with Crippen LogP contribution in [0.1, 0.15) is 16.1 Å². The minimum absolute atomic E-state index is 0. The molecule has 0 aliphatic heterocycles. The van der Waals surface area contributed by atoms with E-state index in [0.717, 1.165) is 21.3 Å². The molecule has 7 nitrogen and oxygen atoms in total. The quantitative estimate of drug-likeness (QED) is 0.381. The van der Waals surface area contributed by atoms with Crippen LogP contribution >= 0.6 is 23.7 Å². The van der Waals surface area contributed by atoms with E-state index in [0.29, 0.717) is 29.7 Å². The van der Waals surface area contributed by atoms with E-state index in [-0.39, 0.29) is 24.0 Å². The molecule has 2 aromatic heterocycles. The largest absolute Gasteiger partial charge is 0.494 e. The van der Waals surface area contributed by atoms with Crippen molar-refractivity contribution in [3.8, 4) is 17.1 Å². The number of methoxy groups -OCH3 is 1. The normalized spacial score (nSPS) is 10.9. The summed E-state index contributed by atoms with van der Waals surface area (Å²) in [6.45, 7) is 3.18. The van der Waals surface area contributed by atoms with Crippen molar-refractivity contribution in [2.75, 3.05) is 39.2 Å². The van der Waals surface area contributed by atoms with Crippen molar-refractivity contribution in [1.82, 2.24) is 15.0 Å². The molecule has 0 spiro atoms. The molecule has 4 rings (SSSR count). The predicted octanol–water partition coefficient (Wildman–Crippen LogP) is 4.90. The first kappa shape index (κ1) is 23.7. The van der Waals surface area contributed by atoms with Gasteiger partial charge in [-0.25, -0.2) is 4.98 Å². The van der Waals surface area contributed by atoms with Gasteiger partial charge < -0.3 is 14.2 Å². The number of aromatic nitrogens is 2. The molecule has 0 saturated heterocycles. The Morgan fingerprint density at radius 3 is 2.56 bits per heavy atom. The number of thiazole rings is 1. The van der Waals surface area contributed by atoms with Crippen molar-refractivity contribution in [2.45, 2.75) is 6.92 Å². The van der Waals surface area contributed by atoms with E-state index in [1.54, 1.807) is 18.1 Å². The molecule has 0 N–H and O–H groups in total. The average Bonchev–Trinajstić information content (AvgIpc) is 3.43. The monoisotopic (exact) mass is 472 g/mol. The first-order chi connectivity index (χ1) is 15.0. The number of rotatable bonds is 7. The van der Waals surface area contributed by atoms with Crippen molar-refractivity contribution in [1.29, 1.82) is 0 Å². The Balaban J connectivity index is 0.00000289. The summed E-state index contributed by atoms with van der Waals surface area (Å²) >= 11 is 1.48. The number of benzene rings is 2. The fourth-order valence-electron chi connectivity index (χ4n) is 3.22. The van der Waals surface area contributed by atoms with Gasteiger partial charge in [0.2, 0.25) is 0 Å². The molecule has 0 bridgehead atoms. The number of anilines is 1. The maximum atomic E-state index is 13.4. The Morgan fingerprint density at radius 1 is 1.12 bits per heavy atom. The minimum atomic E-state index is -0.247. The van der Waals surface area contributed by atoms with Gasteiger partial charge in [0.1, 0.15) is 11.3 Å². The molecule has 0 atom stereocenters. The Kier molecular flexibility index (Phi) is 7.50. The molecular weight excluding hydrogens is 448 g/mol. The van der Waals surface area contributed by atoms with Crippen LogP contribution in [0.5, 0.6) is 5.75 Å². The van der Waals surface area contributed by atoms with Crippen molar-refractivity contribution < 1.29 is 14.1 Å². The number of ether oxygens (including phenoxy) is 1. The molecule has 0 radical (unpaired) electrons. The molecule has 2 heterocycles. The van der Waals surface area contributed by atoms with Crippen molar-refractivity contribution in [3.05, 3.63) is 59.8 Å². The summed E-state index contributed by atoms with van der Waals surface area (Å²) in [5.74, 6) is 0.998. The fraction of sp³-hybridized carbons (Fsp3) is 0.261. The van der Waals surface area contributed by atoms with Gasteiger partial charge in [0, 0.05) is 24.7 Å². The number of carbonyl (C=O) groups is 1. The molecule has 2 aromatic carbocycles. The molecule has 1 amide bonds. The number of likely N-dealkylation sites (N-methyl/N-ethyl adjacent to an activating group) is 1. The molecule has 32 heavy (non-hydrogen) atoms. The lowest BCUT2D eigenvalue weighted by atomic mass is 10.1. The average molecular weight is 473 g/mol. The number of carbonyl (C=O) groups excluding carboxylic acids is 1. The third-order valence-corrected chi connectivity index (χ3v) is 6.16. The molecular formula is C23H25ClN4O3S. The van der Waals surface area contributed by atoms with Crippen LogP contribution in [0.15, 0.2) is 53.1 Å². The zero-order valence-electron chi connectivity index (χ0n) is 18.4. The topological polar surface area (TPSA) is 71.7 Å². The number of halogens is 1. The van der Waals surface area contributed by atoms with Crippen molar-refractivity contribution in [2.24, 2.45) is 0 Å². The second-order valence-corrected chi connectivity index (χ2v) is 8.44. The van der Waals surface area contributed by atoms with Gasteiger partial charge in [-0.1, -0.05) is 52.9 Å². The molecule has 0 fully saturated rings. The van der Waals surface area contributed by atoms with Gasteiger partial charge >= 0.3 is 0 Å². The van der Waals surface area contributed by atoms with Gasteiger partial charge in [0.25, 0.3) is 5.91 Å². The Morgan fingerprint density at radius 2 is 1.88 bits per heavy atom. The van der Waals surface area contributed by atoms with E-state index in [2.05, 4.69) is 5.16 Å². The number of hydrogen-bond acceptors (Lipinski definition) is 7. The number of fused-ring (bicyclic) bond motifs is 1. The Labute approximate surface area is 197 Å². The predicted molar refractivity (Wildman–Crippen MR) is 130 cm³/mol. The van der Waals surface area contributed by atoms with Crippen LogP contribution in [0, 0.1) is 6.92 Å². The van der Waals surface area contributed by atoms with Crippen molar-refractivity contribution in [3.63, 3.8) is 0 Å². The number of hydrogen-bond donors (Lipinski definition) is 0. The van der Waals surface area contributed by atoms with E-state index in [1.807, 2.05) is 68.4 Å². The number of aryl methyl sites for hydroxylation is 1. The molecule has 0 aliphatic rings. The summed E-state index contributed by atoms with van der Waals surface area (Å²) < 4.78 is 11.9. The SMILES string of the molecule is COc1ccc(C)c2sc(N(CCN(C)C)C(=O)c3cc(-c4ccccc4)on3)nc12.Cl. The molecule has 0 saturated carbocycles. The lowest BCUT2D eigenvalue weighted by Crippen LogP contribution is -2.36. The Bertz CT molecular complexity index is 1210. The van der Waals surface area contributed by atoms with Crippen LogP contribution in [0.25, 0.3) is 21.5 Å². The lowest BCUT2D eigenvalue weighted by Gasteiger charge is -2.20. The highest BCUT2D eigenvalue weighted by molar-refractivity contribution is 7.22. The maximum absolute atomic E-state index is 13.4. The van der Waals surface area contributed by atoms with Gasteiger partial charge in [-0.15, -0.1) is 12.4 Å². The molecule has 0 unspecified atom stereocenters. The van der Waals surface area contributed by atoms with E-state index < -0.39 is 0 Å². The Hall–Kier alpha value is -2.94. The summed E-state index contributed by atoms with van der Waals surface area (Å²) in [5.41, 5.74) is 2.97. The van der Waals surface area contributed by atoms with E-state index in [9.17, 15) is 4.79 Å². The third kappa shape index (κ3) is 4.77. The van der Waals surface area contributed by atoms with Crippen molar-refractivity contribution >= 4 is 45.0 Å². The van der Waals surface area contributed by atoms with E-state index >= 15 is 0 Å². The summed E-state index contributed by atoms with van der Waals surface area (Å²) in [7, 11) is 5.56. The second kappa shape index (κ2) is 10.1. The van der Waals surface area contributed by atoms with Crippen LogP contribution in [0.3, 0.4) is 0 Å². The molecule has 4 aromatic rings. The van der Waals surface area contributed by atoms with Crippen LogP contribution in [-0.2, 0) is 0 Å². The third-order valence-electron chi connectivity index (χ3n) is 4.95. The van der Waals surface area contributed by atoms with Gasteiger partial charge in [-0.3, -0.25) is 9.69 Å². The van der Waals surface area contributed by atoms with Crippen LogP contribution in [-0.4, -0.2) is 55.2 Å². The van der Waals surface area contributed by atoms with Crippen LogP contribution in [0.4, 0.5) is 5.13 Å². The standard InChI is InChI=1S/C23H24N4O3S.ClH/c1-15-10-11-18(29-4)20-21(15)31-23(24-20)27(13-12-26(2)3)22(28)17-14-19(30-25-17)16-8-6-5-7-9-16;/h5-11,14H,12-13H2,1-4H3;1H. The number of amides is 1. The second-order valence-electron chi connectivity index (χ2n) is 7.46. The smallest absolute Gasteiger partial charge is 0.282 e. The molecule has 9 heteroatoms. The highest BCUT2D eigenvalue weighted by atomic mass is 35.5. The van der Waals surface area contributed by atoms with E-state index in [1.165, 1.54) is 11.3 Å². The summed E-state index contributed by atoms with van der Waals surface area (Å²) in [6, 6.07) is 15.2. The van der Waals surface area contributed by atoms with Gasteiger partial charge in [0.15, 0.2) is 16.6 Å².